The number of ether oxygens (including phenoxy) is 1. The van der Waals surface area contributed by atoms with Crippen molar-refractivity contribution in [2.75, 3.05) is 13.1 Å². The standard InChI is InChI=1S/C17H26Cl2N2O2/c1-12(2)21(16(22)23-17(3,4)5)10-9-20-11-13-7-6-8-14(18)15(13)19/h6-8,12,20H,9-11H2,1-5H3. The highest BCUT2D eigenvalue weighted by Gasteiger charge is 2.23. The fourth-order valence-corrected chi connectivity index (χ4v) is 2.38. The molecule has 0 saturated heterocycles. The summed E-state index contributed by atoms with van der Waals surface area (Å²) in [7, 11) is 0. The van der Waals surface area contributed by atoms with E-state index in [9.17, 15) is 4.79 Å². The van der Waals surface area contributed by atoms with Crippen LogP contribution in [0.15, 0.2) is 18.2 Å². The molecule has 1 rings (SSSR count). The third-order valence-corrected chi connectivity index (χ3v) is 3.99. The van der Waals surface area contributed by atoms with Gasteiger partial charge in [0.25, 0.3) is 0 Å². The highest BCUT2D eigenvalue weighted by Crippen LogP contribution is 2.25. The van der Waals surface area contributed by atoms with Crippen LogP contribution in [0.4, 0.5) is 4.79 Å². The van der Waals surface area contributed by atoms with Crippen molar-refractivity contribution in [3.05, 3.63) is 33.8 Å². The van der Waals surface area contributed by atoms with E-state index in [-0.39, 0.29) is 12.1 Å². The molecule has 0 atom stereocenters. The summed E-state index contributed by atoms with van der Waals surface area (Å²) in [6.45, 7) is 11.3. The number of benzene rings is 1. The topological polar surface area (TPSA) is 41.6 Å². The fourth-order valence-electron chi connectivity index (χ4n) is 1.99. The molecule has 0 saturated carbocycles. The summed E-state index contributed by atoms with van der Waals surface area (Å²) in [5.74, 6) is 0. The number of carbonyl (C=O) groups is 1. The summed E-state index contributed by atoms with van der Waals surface area (Å²) < 4.78 is 5.43. The number of rotatable bonds is 6. The van der Waals surface area contributed by atoms with E-state index in [2.05, 4.69) is 5.32 Å². The van der Waals surface area contributed by atoms with E-state index < -0.39 is 5.60 Å². The maximum absolute atomic E-state index is 12.2. The lowest BCUT2D eigenvalue weighted by Gasteiger charge is -2.30. The largest absolute Gasteiger partial charge is 0.444 e. The van der Waals surface area contributed by atoms with E-state index in [0.717, 1.165) is 5.56 Å². The minimum absolute atomic E-state index is 0.0707. The summed E-state index contributed by atoms with van der Waals surface area (Å²) in [4.78, 5) is 13.9. The third kappa shape index (κ3) is 6.98. The van der Waals surface area contributed by atoms with Gasteiger partial charge in [-0.15, -0.1) is 0 Å². The molecule has 0 heterocycles. The van der Waals surface area contributed by atoms with E-state index in [1.807, 2.05) is 46.8 Å². The van der Waals surface area contributed by atoms with Crippen LogP contribution in [0, 0.1) is 0 Å². The molecule has 0 spiro atoms. The number of carbonyl (C=O) groups excluding carboxylic acids is 1. The van der Waals surface area contributed by atoms with Crippen molar-refractivity contribution in [3.63, 3.8) is 0 Å². The van der Waals surface area contributed by atoms with Crippen LogP contribution < -0.4 is 5.32 Å². The van der Waals surface area contributed by atoms with Crippen LogP contribution in [0.5, 0.6) is 0 Å². The lowest BCUT2D eigenvalue weighted by molar-refractivity contribution is 0.0193. The molecule has 0 unspecified atom stereocenters. The number of hydrogen-bond donors (Lipinski definition) is 1. The molecule has 0 aliphatic rings. The van der Waals surface area contributed by atoms with Crippen molar-refractivity contribution in [3.8, 4) is 0 Å². The van der Waals surface area contributed by atoms with Gasteiger partial charge in [0.05, 0.1) is 10.0 Å². The highest BCUT2D eigenvalue weighted by molar-refractivity contribution is 6.42. The first-order chi connectivity index (χ1) is 10.6. The Morgan fingerprint density at radius 1 is 1.30 bits per heavy atom. The van der Waals surface area contributed by atoms with Crippen molar-refractivity contribution in [1.82, 2.24) is 10.2 Å². The Balaban J connectivity index is 2.50. The summed E-state index contributed by atoms with van der Waals surface area (Å²) in [6, 6.07) is 5.62. The normalized spacial score (nSPS) is 11.7. The molecule has 6 heteroatoms. The zero-order chi connectivity index (χ0) is 17.6. The number of hydrogen-bond acceptors (Lipinski definition) is 3. The minimum Gasteiger partial charge on any atom is -0.444 e. The summed E-state index contributed by atoms with van der Waals surface area (Å²) in [5, 5.41) is 4.39. The molecule has 0 aliphatic heterocycles. The van der Waals surface area contributed by atoms with Crippen molar-refractivity contribution in [1.29, 1.82) is 0 Å². The van der Waals surface area contributed by atoms with Gasteiger partial charge in [0.2, 0.25) is 0 Å². The molecule has 0 aliphatic carbocycles. The molecule has 1 N–H and O–H groups in total. The molecule has 0 fully saturated rings. The van der Waals surface area contributed by atoms with Gasteiger partial charge < -0.3 is 15.0 Å². The Hall–Kier alpha value is -0.970. The molecule has 0 radical (unpaired) electrons. The lowest BCUT2D eigenvalue weighted by Crippen LogP contribution is -2.44. The average molecular weight is 361 g/mol. The van der Waals surface area contributed by atoms with Gasteiger partial charge in [0.1, 0.15) is 5.60 Å². The molecular formula is C17H26Cl2N2O2. The van der Waals surface area contributed by atoms with Gasteiger partial charge in [0.15, 0.2) is 0 Å². The smallest absolute Gasteiger partial charge is 0.410 e. The van der Waals surface area contributed by atoms with Gasteiger partial charge in [0, 0.05) is 25.7 Å². The predicted octanol–water partition coefficient (Wildman–Crippen LogP) is 4.73. The first kappa shape index (κ1) is 20.1. The number of amides is 1. The molecule has 1 aromatic carbocycles. The second kappa shape index (κ2) is 8.76. The molecular weight excluding hydrogens is 335 g/mol. The second-order valence-electron chi connectivity index (χ2n) is 6.66. The quantitative estimate of drug-likeness (QED) is 0.745. The van der Waals surface area contributed by atoms with Crippen LogP contribution in [0.25, 0.3) is 0 Å². The van der Waals surface area contributed by atoms with Gasteiger partial charge >= 0.3 is 6.09 Å². The number of nitrogens with one attached hydrogen (secondary N) is 1. The Bertz CT molecular complexity index is 528. The van der Waals surface area contributed by atoms with E-state index >= 15 is 0 Å². The number of halogens is 2. The molecule has 1 aromatic rings. The van der Waals surface area contributed by atoms with Crippen molar-refractivity contribution < 1.29 is 9.53 Å². The van der Waals surface area contributed by atoms with Crippen molar-refractivity contribution in [2.24, 2.45) is 0 Å². The SMILES string of the molecule is CC(C)N(CCNCc1cccc(Cl)c1Cl)C(=O)OC(C)(C)C. The highest BCUT2D eigenvalue weighted by atomic mass is 35.5. The van der Waals surface area contributed by atoms with E-state index in [1.54, 1.807) is 11.0 Å². The van der Waals surface area contributed by atoms with Crippen molar-refractivity contribution in [2.45, 2.75) is 52.8 Å². The maximum Gasteiger partial charge on any atom is 0.410 e. The average Bonchev–Trinajstić information content (AvgIpc) is 2.40. The van der Waals surface area contributed by atoms with Crippen LogP contribution in [0.3, 0.4) is 0 Å². The van der Waals surface area contributed by atoms with Crippen LogP contribution >= 0.6 is 23.2 Å². The maximum atomic E-state index is 12.2. The molecule has 130 valence electrons. The first-order valence-corrected chi connectivity index (χ1v) is 8.50. The zero-order valence-corrected chi connectivity index (χ0v) is 16.0. The fraction of sp³-hybridized carbons (Fsp3) is 0.588. The Labute approximate surface area is 149 Å². The van der Waals surface area contributed by atoms with Gasteiger partial charge in [-0.1, -0.05) is 35.3 Å². The summed E-state index contributed by atoms with van der Waals surface area (Å²) >= 11 is 12.1. The summed E-state index contributed by atoms with van der Waals surface area (Å²) in [6.07, 6.45) is -0.296. The van der Waals surface area contributed by atoms with Crippen LogP contribution in [0.2, 0.25) is 10.0 Å². The Morgan fingerprint density at radius 3 is 2.52 bits per heavy atom. The molecule has 0 aromatic heterocycles. The summed E-state index contributed by atoms with van der Waals surface area (Å²) in [5.41, 5.74) is 0.443. The minimum atomic E-state index is -0.494. The van der Waals surface area contributed by atoms with E-state index in [4.69, 9.17) is 27.9 Å². The molecule has 4 nitrogen and oxygen atoms in total. The molecule has 0 bridgehead atoms. The predicted molar refractivity (Wildman–Crippen MR) is 96.2 cm³/mol. The first-order valence-electron chi connectivity index (χ1n) is 7.75. The van der Waals surface area contributed by atoms with E-state index in [1.165, 1.54) is 0 Å². The zero-order valence-electron chi connectivity index (χ0n) is 14.5. The van der Waals surface area contributed by atoms with Crippen LogP contribution in [-0.4, -0.2) is 35.7 Å². The van der Waals surface area contributed by atoms with Gasteiger partial charge in [-0.2, -0.15) is 0 Å². The van der Waals surface area contributed by atoms with E-state index in [0.29, 0.717) is 29.7 Å². The monoisotopic (exact) mass is 360 g/mol. The number of nitrogens with zero attached hydrogens (tertiary/aromatic N) is 1. The third-order valence-electron chi connectivity index (χ3n) is 3.13. The molecule has 23 heavy (non-hydrogen) atoms. The van der Waals surface area contributed by atoms with Crippen molar-refractivity contribution >= 4 is 29.3 Å². The second-order valence-corrected chi connectivity index (χ2v) is 7.44. The van der Waals surface area contributed by atoms with Gasteiger partial charge in [-0.05, 0) is 46.2 Å². The lowest BCUT2D eigenvalue weighted by atomic mass is 10.2. The van der Waals surface area contributed by atoms with Gasteiger partial charge in [-0.25, -0.2) is 4.79 Å². The van der Waals surface area contributed by atoms with Crippen LogP contribution in [-0.2, 0) is 11.3 Å². The van der Waals surface area contributed by atoms with Crippen LogP contribution in [0.1, 0.15) is 40.2 Å². The Kier molecular flexibility index (Phi) is 7.65. The Morgan fingerprint density at radius 2 is 1.96 bits per heavy atom. The molecule has 1 amide bonds. The van der Waals surface area contributed by atoms with Gasteiger partial charge in [-0.3, -0.25) is 0 Å².